The lowest BCUT2D eigenvalue weighted by atomic mass is 10.0. The van der Waals surface area contributed by atoms with Gasteiger partial charge in [-0.25, -0.2) is 4.79 Å². The third kappa shape index (κ3) is 7.22. The lowest BCUT2D eigenvalue weighted by molar-refractivity contribution is -0.160. The summed E-state index contributed by atoms with van der Waals surface area (Å²) in [4.78, 5) is 24.4. The molecule has 0 aliphatic heterocycles. The van der Waals surface area contributed by atoms with Gasteiger partial charge in [-0.05, 0) is 29.0 Å². The van der Waals surface area contributed by atoms with Gasteiger partial charge in [-0.3, -0.25) is 4.79 Å². The van der Waals surface area contributed by atoms with Crippen LogP contribution in [0, 0.1) is 0 Å². The molecule has 1 unspecified atom stereocenters. The van der Waals surface area contributed by atoms with E-state index in [1.54, 1.807) is 0 Å². The Kier molecular flexibility index (Phi) is 7.86. The zero-order valence-electron chi connectivity index (χ0n) is 15.2. The maximum absolute atomic E-state index is 12.2. The van der Waals surface area contributed by atoms with E-state index < -0.39 is 37.4 Å². The van der Waals surface area contributed by atoms with Gasteiger partial charge >= 0.3 is 12.3 Å². The van der Waals surface area contributed by atoms with Crippen molar-refractivity contribution >= 4 is 23.3 Å². The van der Waals surface area contributed by atoms with Gasteiger partial charge < -0.3 is 15.4 Å². The number of alkyl carbamates (subject to hydrolysis) is 1. The number of hydrogen-bond donors (Lipinski definition) is 2. The predicted molar refractivity (Wildman–Crippen MR) is 100 cm³/mol. The number of carbonyl (C=O) groups excluding carboxylic acids is 2. The van der Waals surface area contributed by atoms with E-state index in [1.807, 2.05) is 47.1 Å². The van der Waals surface area contributed by atoms with Gasteiger partial charge in [0.25, 0.3) is 0 Å². The summed E-state index contributed by atoms with van der Waals surface area (Å²) in [6.45, 7) is -0.107. The van der Waals surface area contributed by atoms with Crippen LogP contribution in [0.15, 0.2) is 41.8 Å². The molecule has 152 valence electrons. The molecule has 28 heavy (non-hydrogen) atoms. The van der Waals surface area contributed by atoms with Crippen LogP contribution in [0.1, 0.15) is 35.4 Å². The van der Waals surface area contributed by atoms with Gasteiger partial charge in [-0.2, -0.15) is 13.2 Å². The Balaban J connectivity index is 1.97. The van der Waals surface area contributed by atoms with E-state index in [4.69, 9.17) is 0 Å². The SMILES string of the molecule is CCCc1ccc(C(NC(=O)CNC(=O)OCC(F)(F)F)c2cccs2)cc1. The summed E-state index contributed by atoms with van der Waals surface area (Å²) in [6, 6.07) is 11.2. The fourth-order valence-electron chi connectivity index (χ4n) is 2.50. The Labute approximate surface area is 164 Å². The van der Waals surface area contributed by atoms with E-state index in [1.165, 1.54) is 16.9 Å². The molecule has 2 aromatic rings. The minimum atomic E-state index is -4.62. The summed E-state index contributed by atoms with van der Waals surface area (Å²) in [5.74, 6) is -0.542. The second-order valence-corrected chi connectivity index (χ2v) is 7.03. The number of rotatable bonds is 8. The number of benzene rings is 1. The third-order valence-electron chi connectivity index (χ3n) is 3.74. The van der Waals surface area contributed by atoms with Crippen LogP contribution in [0.3, 0.4) is 0 Å². The van der Waals surface area contributed by atoms with Gasteiger partial charge in [0, 0.05) is 4.88 Å². The van der Waals surface area contributed by atoms with Crippen molar-refractivity contribution in [2.24, 2.45) is 0 Å². The summed E-state index contributed by atoms with van der Waals surface area (Å²) >= 11 is 1.47. The quantitative estimate of drug-likeness (QED) is 0.681. The van der Waals surface area contributed by atoms with Crippen LogP contribution in [0.2, 0.25) is 0 Å². The van der Waals surface area contributed by atoms with Gasteiger partial charge in [-0.1, -0.05) is 43.7 Å². The molecular formula is C19H21F3N2O3S. The molecule has 0 aliphatic rings. The van der Waals surface area contributed by atoms with Crippen molar-refractivity contribution in [3.63, 3.8) is 0 Å². The number of alkyl halides is 3. The summed E-state index contributed by atoms with van der Waals surface area (Å²) in [5.41, 5.74) is 2.06. The van der Waals surface area contributed by atoms with Crippen LogP contribution in [0.25, 0.3) is 0 Å². The van der Waals surface area contributed by atoms with Crippen LogP contribution in [-0.2, 0) is 16.0 Å². The molecule has 0 saturated carbocycles. The van der Waals surface area contributed by atoms with Crippen molar-refractivity contribution in [1.29, 1.82) is 0 Å². The fourth-order valence-corrected chi connectivity index (χ4v) is 3.31. The molecule has 1 aromatic heterocycles. The number of nitrogens with one attached hydrogen (secondary N) is 2. The highest BCUT2D eigenvalue weighted by Gasteiger charge is 2.29. The van der Waals surface area contributed by atoms with E-state index in [2.05, 4.69) is 17.0 Å². The summed E-state index contributed by atoms with van der Waals surface area (Å²) in [7, 11) is 0. The Bertz CT molecular complexity index is 762. The zero-order chi connectivity index (χ0) is 20.6. The molecule has 0 spiro atoms. The number of carbonyl (C=O) groups is 2. The number of hydrogen-bond acceptors (Lipinski definition) is 4. The van der Waals surface area contributed by atoms with Crippen LogP contribution in [0.4, 0.5) is 18.0 Å². The van der Waals surface area contributed by atoms with E-state index in [-0.39, 0.29) is 0 Å². The smallest absolute Gasteiger partial charge is 0.422 e. The lowest BCUT2D eigenvalue weighted by Gasteiger charge is -2.19. The highest BCUT2D eigenvalue weighted by atomic mass is 32.1. The maximum atomic E-state index is 12.2. The first-order chi connectivity index (χ1) is 13.3. The molecule has 1 atom stereocenters. The Hall–Kier alpha value is -2.55. The molecule has 1 heterocycles. The standard InChI is InChI=1S/C19H21F3N2O3S/c1-2-4-13-6-8-14(9-7-13)17(15-5-3-10-28-15)24-16(25)11-23-18(26)27-12-19(20,21)22/h3,5-10,17H,2,4,11-12H2,1H3,(H,23,26)(H,24,25). The zero-order valence-corrected chi connectivity index (χ0v) is 16.0. The van der Waals surface area contributed by atoms with Crippen molar-refractivity contribution in [2.75, 3.05) is 13.2 Å². The molecule has 0 bridgehead atoms. The van der Waals surface area contributed by atoms with Crippen molar-refractivity contribution < 1.29 is 27.5 Å². The van der Waals surface area contributed by atoms with Gasteiger partial charge in [0.05, 0.1) is 6.04 Å². The van der Waals surface area contributed by atoms with E-state index in [0.717, 1.165) is 23.3 Å². The maximum Gasteiger partial charge on any atom is 0.422 e. The topological polar surface area (TPSA) is 67.4 Å². The van der Waals surface area contributed by atoms with E-state index in [0.29, 0.717) is 0 Å². The molecule has 0 fully saturated rings. The minimum Gasteiger partial charge on any atom is -0.440 e. The molecule has 0 saturated heterocycles. The molecule has 2 amide bonds. The van der Waals surface area contributed by atoms with Crippen molar-refractivity contribution in [3.8, 4) is 0 Å². The van der Waals surface area contributed by atoms with Gasteiger partial charge in [0.15, 0.2) is 6.61 Å². The largest absolute Gasteiger partial charge is 0.440 e. The summed E-state index contributed by atoms with van der Waals surface area (Å²) in [6.07, 6.45) is -3.93. The Morgan fingerprint density at radius 2 is 1.89 bits per heavy atom. The van der Waals surface area contributed by atoms with Crippen molar-refractivity contribution in [3.05, 3.63) is 57.8 Å². The minimum absolute atomic E-state index is 0.420. The second kappa shape index (κ2) is 10.1. The highest BCUT2D eigenvalue weighted by molar-refractivity contribution is 7.10. The number of ether oxygens (including phenoxy) is 1. The number of halogens is 3. The predicted octanol–water partition coefficient (Wildman–Crippen LogP) is 4.19. The molecule has 9 heteroatoms. The first kappa shape index (κ1) is 21.7. The van der Waals surface area contributed by atoms with E-state index in [9.17, 15) is 22.8 Å². The van der Waals surface area contributed by atoms with Gasteiger partial charge in [0.1, 0.15) is 6.54 Å². The lowest BCUT2D eigenvalue weighted by Crippen LogP contribution is -2.39. The van der Waals surface area contributed by atoms with E-state index >= 15 is 0 Å². The normalized spacial score (nSPS) is 12.3. The van der Waals surface area contributed by atoms with Crippen LogP contribution < -0.4 is 10.6 Å². The van der Waals surface area contributed by atoms with Crippen molar-refractivity contribution in [1.82, 2.24) is 10.6 Å². The molecule has 5 nitrogen and oxygen atoms in total. The second-order valence-electron chi connectivity index (χ2n) is 6.05. The summed E-state index contributed by atoms with van der Waals surface area (Å²) in [5, 5.41) is 6.69. The average Bonchev–Trinajstić information content (AvgIpc) is 3.17. The summed E-state index contributed by atoms with van der Waals surface area (Å²) < 4.78 is 40.1. The van der Waals surface area contributed by atoms with Crippen molar-refractivity contribution in [2.45, 2.75) is 32.0 Å². The Morgan fingerprint density at radius 3 is 2.46 bits per heavy atom. The van der Waals surface area contributed by atoms with Crippen LogP contribution in [0.5, 0.6) is 0 Å². The molecule has 1 aromatic carbocycles. The average molecular weight is 414 g/mol. The van der Waals surface area contributed by atoms with Crippen LogP contribution in [-0.4, -0.2) is 31.3 Å². The first-order valence-corrected chi connectivity index (χ1v) is 9.55. The van der Waals surface area contributed by atoms with Gasteiger partial charge in [-0.15, -0.1) is 11.3 Å². The highest BCUT2D eigenvalue weighted by Crippen LogP contribution is 2.26. The van der Waals surface area contributed by atoms with Crippen LogP contribution >= 0.6 is 11.3 Å². The molecular weight excluding hydrogens is 393 g/mol. The monoisotopic (exact) mass is 414 g/mol. The third-order valence-corrected chi connectivity index (χ3v) is 4.68. The number of aryl methyl sites for hydroxylation is 1. The molecule has 2 N–H and O–H groups in total. The molecule has 0 radical (unpaired) electrons. The van der Waals surface area contributed by atoms with Gasteiger partial charge in [0.2, 0.25) is 5.91 Å². The fraction of sp³-hybridized carbons (Fsp3) is 0.368. The molecule has 2 rings (SSSR count). The number of amides is 2. The Morgan fingerprint density at radius 1 is 1.18 bits per heavy atom. The first-order valence-electron chi connectivity index (χ1n) is 8.67. The number of thiophene rings is 1. The molecule has 0 aliphatic carbocycles.